The van der Waals surface area contributed by atoms with E-state index in [1.54, 1.807) is 0 Å². The first kappa shape index (κ1) is 4.70. The minimum atomic E-state index is -1.60. The van der Waals surface area contributed by atoms with Gasteiger partial charge in [0.15, 0.2) is 8.46 Å². The van der Waals surface area contributed by atoms with Gasteiger partial charge in [-0.25, -0.2) is 4.79 Å². The largest absolute Gasteiger partial charge is 0.476 e. The van der Waals surface area contributed by atoms with Crippen LogP contribution in [-0.2, 0) is 4.57 Å². The summed E-state index contributed by atoms with van der Waals surface area (Å²) in [4.78, 5) is 9.09. The zero-order chi connectivity index (χ0) is 4.28. The Labute approximate surface area is 29.8 Å². The summed E-state index contributed by atoms with van der Waals surface area (Å²) in [5.74, 6) is 0. The summed E-state index contributed by atoms with van der Waals surface area (Å²) in [6.45, 7) is 0. The Morgan fingerprint density at radius 1 is 1.80 bits per heavy atom. The number of carbonyl (C=O) groups is 1. The molecule has 1 unspecified atom stereocenters. The van der Waals surface area contributed by atoms with Gasteiger partial charge in [-0.1, -0.05) is 0 Å². The minimum Gasteiger partial charge on any atom is -0.476 e. The van der Waals surface area contributed by atoms with Crippen molar-refractivity contribution in [3.05, 3.63) is 0 Å². The van der Waals surface area contributed by atoms with Crippen LogP contribution in [0.5, 0.6) is 0 Å². The molecule has 0 saturated heterocycles. The third kappa shape index (κ3) is 3.70. The van der Waals surface area contributed by atoms with Crippen LogP contribution in [0.1, 0.15) is 0 Å². The molecule has 0 aromatic heterocycles. The molecule has 0 spiro atoms. The molecule has 1 atom stereocenters. The highest BCUT2D eigenvalue weighted by atomic mass is 31.1. The van der Waals surface area contributed by atoms with E-state index in [-0.39, 0.29) is 0 Å². The van der Waals surface area contributed by atoms with Gasteiger partial charge >= 0.3 is 5.71 Å². The van der Waals surface area contributed by atoms with E-state index in [1.807, 2.05) is 0 Å². The van der Waals surface area contributed by atoms with Gasteiger partial charge in [0.1, 0.15) is 0 Å². The van der Waals surface area contributed by atoms with E-state index in [0.717, 1.165) is 0 Å². The van der Waals surface area contributed by atoms with Crippen molar-refractivity contribution >= 4 is 14.2 Å². The molecule has 0 radical (unpaired) electrons. The van der Waals surface area contributed by atoms with E-state index in [4.69, 9.17) is 14.5 Å². The van der Waals surface area contributed by atoms with E-state index in [9.17, 15) is 0 Å². The van der Waals surface area contributed by atoms with Crippen molar-refractivity contribution in [3.8, 4) is 0 Å². The van der Waals surface area contributed by atoms with Gasteiger partial charge in [-0.3, -0.25) is 0 Å². The Balaban J connectivity index is 3.20. The lowest BCUT2D eigenvalue weighted by atomic mass is 11.6. The molecule has 30 valence electrons. The highest BCUT2D eigenvalue weighted by molar-refractivity contribution is 7.45. The van der Waals surface area contributed by atoms with Crippen molar-refractivity contribution in [1.82, 2.24) is 0 Å². The maximum Gasteiger partial charge on any atom is 0.355 e. The van der Waals surface area contributed by atoms with E-state index >= 15 is 0 Å². The van der Waals surface area contributed by atoms with Gasteiger partial charge in [0.05, 0.1) is 0 Å². The maximum atomic E-state index is 9.11. The van der Waals surface area contributed by atoms with E-state index in [0.29, 0.717) is 0 Å². The smallest absolute Gasteiger partial charge is 0.355 e. The topological polar surface area (TPSA) is 54.4 Å². The first-order chi connectivity index (χ1) is 2.27. The molecule has 3 nitrogen and oxygen atoms in total. The van der Waals surface area contributed by atoms with Crippen LogP contribution in [0, 0.1) is 0 Å². The summed E-state index contributed by atoms with van der Waals surface area (Å²) in [6.07, 6.45) is 0. The molecule has 0 bridgehead atoms. The predicted octanol–water partition coefficient (Wildman–Crippen LogP) is 0.421. The number of hydrogen-bond donors (Lipinski definition) is 1. The molecule has 0 aliphatic rings. The summed E-state index contributed by atoms with van der Waals surface area (Å²) < 4.78 is 9.11. The lowest BCUT2D eigenvalue weighted by Crippen LogP contribution is -1.68. The van der Waals surface area contributed by atoms with Gasteiger partial charge < -0.3 is 9.67 Å². The summed E-state index contributed by atoms with van der Waals surface area (Å²) in [5, 5.41) is 7.45. The maximum absolute atomic E-state index is 9.11. The van der Waals surface area contributed by atoms with Gasteiger partial charge in [-0.15, -0.1) is 0 Å². The second-order valence-corrected chi connectivity index (χ2v) is 1.19. The molecular weight excluding hydrogens is 91.0 g/mol. The molecule has 0 rings (SSSR count). The molecule has 0 aromatic carbocycles. The Morgan fingerprint density at radius 3 is 2.00 bits per heavy atom. The molecule has 0 aliphatic carbocycles. The molecular formula is CH3O3P. The summed E-state index contributed by atoms with van der Waals surface area (Å²) in [6, 6.07) is 0. The van der Waals surface area contributed by atoms with Crippen LogP contribution < -0.4 is 0 Å². The van der Waals surface area contributed by atoms with Crippen LogP contribution in [0.4, 0.5) is 4.79 Å². The van der Waals surface area contributed by atoms with Crippen molar-refractivity contribution in [2.45, 2.75) is 0 Å². The average molecular weight is 94.0 g/mol. The van der Waals surface area contributed by atoms with Crippen molar-refractivity contribution < 1.29 is 14.5 Å². The van der Waals surface area contributed by atoms with Crippen molar-refractivity contribution in [1.29, 1.82) is 0 Å². The fraction of sp³-hybridized carbons (Fsp3) is 0. The molecule has 0 aliphatic heterocycles. The van der Waals surface area contributed by atoms with Crippen LogP contribution in [0.3, 0.4) is 0 Å². The molecule has 5 heavy (non-hydrogen) atoms. The zero-order valence-electron chi connectivity index (χ0n) is 2.34. The molecule has 0 amide bonds. The lowest BCUT2D eigenvalue weighted by Gasteiger charge is -1.61. The third-order valence-electron chi connectivity index (χ3n) is 0.101. The molecule has 0 heterocycles. The van der Waals surface area contributed by atoms with E-state index < -0.39 is 14.2 Å². The van der Waals surface area contributed by atoms with Crippen LogP contribution >= 0.6 is 8.46 Å². The fourth-order valence-corrected chi connectivity index (χ4v) is 0. The Hall–Kier alpha value is -0.300. The zero-order valence-corrected chi connectivity index (χ0v) is 3.50. The summed E-state index contributed by atoms with van der Waals surface area (Å²) in [7, 11) is -1.60. The minimum absolute atomic E-state index is 1.22. The third-order valence-corrected chi connectivity index (χ3v) is 0.302. The Morgan fingerprint density at radius 2 is 2.00 bits per heavy atom. The predicted molar refractivity (Wildman–Crippen MR) is 18.4 cm³/mol. The normalized spacial score (nSPS) is 9.60. The lowest BCUT2D eigenvalue weighted by molar-refractivity contribution is 0.220. The fourth-order valence-electron chi connectivity index (χ4n) is 0. The second kappa shape index (κ2) is 1.97. The van der Waals surface area contributed by atoms with Gasteiger partial charge in [0, 0.05) is 0 Å². The standard InChI is InChI=1S/CH3O3P/c2-1(3)5-4/h5H2,(H,2,3). The Bertz CT molecular complexity index is 57.9. The molecule has 1 N–H and O–H groups in total. The first-order valence-corrected chi connectivity index (χ1v) is 2.00. The molecule has 4 heteroatoms. The van der Waals surface area contributed by atoms with E-state index in [2.05, 4.69) is 0 Å². The van der Waals surface area contributed by atoms with Crippen molar-refractivity contribution in [2.24, 2.45) is 0 Å². The van der Waals surface area contributed by atoms with Gasteiger partial charge in [-0.05, 0) is 0 Å². The van der Waals surface area contributed by atoms with Gasteiger partial charge in [-0.2, -0.15) is 0 Å². The summed E-state index contributed by atoms with van der Waals surface area (Å²) in [5.41, 5.74) is -1.22. The van der Waals surface area contributed by atoms with Gasteiger partial charge in [0.2, 0.25) is 0 Å². The molecule has 0 fully saturated rings. The van der Waals surface area contributed by atoms with Crippen molar-refractivity contribution in [3.63, 3.8) is 0 Å². The van der Waals surface area contributed by atoms with Crippen LogP contribution in [0.25, 0.3) is 0 Å². The van der Waals surface area contributed by atoms with Gasteiger partial charge in [0.25, 0.3) is 0 Å². The van der Waals surface area contributed by atoms with Crippen LogP contribution in [-0.4, -0.2) is 10.8 Å². The second-order valence-electron chi connectivity index (χ2n) is 0.456. The highest BCUT2D eigenvalue weighted by Gasteiger charge is 1.78. The monoisotopic (exact) mass is 94.0 g/mol. The highest BCUT2D eigenvalue weighted by Crippen LogP contribution is 1.87. The molecule has 0 aromatic rings. The SMILES string of the molecule is O=[PH2]C(=O)O. The summed E-state index contributed by atoms with van der Waals surface area (Å²) >= 11 is 0. The quantitative estimate of drug-likeness (QED) is 0.479. The number of hydrogen-bond acceptors (Lipinski definition) is 2. The van der Waals surface area contributed by atoms with Crippen LogP contribution in [0.2, 0.25) is 0 Å². The van der Waals surface area contributed by atoms with E-state index in [1.165, 1.54) is 0 Å². The first-order valence-electron chi connectivity index (χ1n) is 0.952. The molecule has 0 saturated carbocycles. The van der Waals surface area contributed by atoms with Crippen LogP contribution in [0.15, 0.2) is 0 Å². The number of carboxylic acid groups (broad SMARTS) is 1. The van der Waals surface area contributed by atoms with Crippen molar-refractivity contribution in [2.75, 3.05) is 0 Å². The average Bonchev–Trinajstić information content (AvgIpc) is 1.38. The number of rotatable bonds is 1. The Kier molecular flexibility index (Phi) is 1.85.